The summed E-state index contributed by atoms with van der Waals surface area (Å²) in [6.07, 6.45) is 5.21. The molecule has 1 unspecified atom stereocenters. The van der Waals surface area contributed by atoms with Crippen LogP contribution in [0.5, 0.6) is 0 Å². The Morgan fingerprint density at radius 3 is 2.78 bits per heavy atom. The smallest absolute Gasteiger partial charge is 0.0713 e. The Labute approximate surface area is 112 Å². The fourth-order valence-corrected chi connectivity index (χ4v) is 2.14. The lowest BCUT2D eigenvalue weighted by Crippen LogP contribution is -2.13. The molecular weight excluding hydrogens is 222 g/mol. The summed E-state index contributed by atoms with van der Waals surface area (Å²) in [6, 6.07) is 8.49. The monoisotopic (exact) mass is 249 g/mol. The number of unbranched alkanes of at least 4 members (excludes halogenated alkanes) is 1. The first-order chi connectivity index (χ1) is 8.80. The van der Waals surface area contributed by atoms with E-state index in [0.717, 1.165) is 12.5 Å². The molecule has 0 amide bonds. The van der Waals surface area contributed by atoms with E-state index >= 15 is 0 Å². The maximum absolute atomic E-state index is 5.15. The van der Waals surface area contributed by atoms with Crippen molar-refractivity contribution in [2.24, 2.45) is 5.92 Å². The molecule has 0 radical (unpaired) electrons. The number of rotatable bonds is 9. The topological polar surface area (TPSA) is 21.3 Å². The summed E-state index contributed by atoms with van der Waals surface area (Å²) in [5.41, 5.74) is 2.43. The van der Waals surface area contributed by atoms with Crippen molar-refractivity contribution in [3.8, 4) is 0 Å². The largest absolute Gasteiger partial charge is 0.385 e. The molecule has 0 fully saturated rings. The van der Waals surface area contributed by atoms with Crippen LogP contribution in [-0.2, 0) is 11.3 Å². The van der Waals surface area contributed by atoms with Gasteiger partial charge in [0.15, 0.2) is 0 Å². The van der Waals surface area contributed by atoms with Gasteiger partial charge in [-0.25, -0.2) is 0 Å². The average molecular weight is 249 g/mol. The number of nitrogens with one attached hydrogen (secondary N) is 1. The van der Waals surface area contributed by atoms with Crippen LogP contribution in [0.3, 0.4) is 0 Å². The van der Waals surface area contributed by atoms with E-state index < -0.39 is 0 Å². The van der Waals surface area contributed by atoms with Gasteiger partial charge in [0, 0.05) is 19.3 Å². The third-order valence-corrected chi connectivity index (χ3v) is 3.38. The molecule has 2 heteroatoms. The molecular formula is C16H27NO. The van der Waals surface area contributed by atoms with Crippen LogP contribution in [0.25, 0.3) is 0 Å². The van der Waals surface area contributed by atoms with Gasteiger partial charge in [-0.3, -0.25) is 0 Å². The van der Waals surface area contributed by atoms with E-state index in [2.05, 4.69) is 43.4 Å². The average Bonchev–Trinajstić information content (AvgIpc) is 2.40. The second-order valence-electron chi connectivity index (χ2n) is 4.93. The zero-order valence-electron chi connectivity index (χ0n) is 12.0. The molecule has 0 heterocycles. The molecule has 0 spiro atoms. The molecule has 0 aliphatic carbocycles. The first-order valence-corrected chi connectivity index (χ1v) is 7.11. The summed E-state index contributed by atoms with van der Waals surface area (Å²) in [5.74, 6) is 0.788. The molecule has 18 heavy (non-hydrogen) atoms. The highest BCUT2D eigenvalue weighted by molar-refractivity contribution is 5.45. The summed E-state index contributed by atoms with van der Waals surface area (Å²) >= 11 is 0. The molecule has 0 bridgehead atoms. The molecule has 0 aliphatic rings. The highest BCUT2D eigenvalue weighted by Gasteiger charge is 2.05. The van der Waals surface area contributed by atoms with Crippen LogP contribution in [-0.4, -0.2) is 13.7 Å². The van der Waals surface area contributed by atoms with Crippen LogP contribution in [0.2, 0.25) is 0 Å². The number of ether oxygens (including phenoxy) is 1. The molecule has 0 aliphatic heterocycles. The van der Waals surface area contributed by atoms with Gasteiger partial charge in [0.2, 0.25) is 0 Å². The molecule has 2 nitrogen and oxygen atoms in total. The first kappa shape index (κ1) is 15.0. The van der Waals surface area contributed by atoms with E-state index in [1.54, 1.807) is 7.11 Å². The van der Waals surface area contributed by atoms with Gasteiger partial charge in [-0.2, -0.15) is 0 Å². The lowest BCUT2D eigenvalue weighted by Gasteiger charge is -2.16. The lowest BCUT2D eigenvalue weighted by atomic mass is 9.99. The first-order valence-electron chi connectivity index (χ1n) is 7.11. The van der Waals surface area contributed by atoms with Gasteiger partial charge >= 0.3 is 0 Å². The van der Waals surface area contributed by atoms with Crippen molar-refractivity contribution < 1.29 is 4.74 Å². The highest BCUT2D eigenvalue weighted by atomic mass is 16.5. The van der Waals surface area contributed by atoms with Crippen LogP contribution in [0, 0.1) is 5.92 Å². The maximum atomic E-state index is 5.15. The Bertz CT molecular complexity index is 325. The van der Waals surface area contributed by atoms with Crippen molar-refractivity contribution in [1.29, 1.82) is 0 Å². The van der Waals surface area contributed by atoms with Gasteiger partial charge in [0.25, 0.3) is 0 Å². The molecule has 1 atom stereocenters. The van der Waals surface area contributed by atoms with Crippen LogP contribution in [0.1, 0.15) is 45.1 Å². The maximum Gasteiger partial charge on any atom is 0.0713 e. The minimum absolute atomic E-state index is 0.683. The standard InChI is InChI=1S/C16H27NO/c1-4-6-8-14(5-2)12-17-16-10-7-9-15(11-16)13-18-3/h7,9-11,14,17H,4-6,8,12-13H2,1-3H3. The predicted octanol–water partition coefficient (Wildman–Crippen LogP) is 4.46. The number of hydrogen-bond acceptors (Lipinski definition) is 2. The van der Waals surface area contributed by atoms with Gasteiger partial charge in [-0.15, -0.1) is 0 Å². The van der Waals surface area contributed by atoms with Gasteiger partial charge in [0.05, 0.1) is 6.61 Å². The number of anilines is 1. The van der Waals surface area contributed by atoms with Crippen molar-refractivity contribution in [1.82, 2.24) is 0 Å². The van der Waals surface area contributed by atoms with E-state index in [1.165, 1.54) is 36.9 Å². The van der Waals surface area contributed by atoms with Crippen molar-refractivity contribution in [2.75, 3.05) is 19.0 Å². The van der Waals surface area contributed by atoms with Crippen molar-refractivity contribution in [3.05, 3.63) is 29.8 Å². The van der Waals surface area contributed by atoms with Crippen LogP contribution >= 0.6 is 0 Å². The van der Waals surface area contributed by atoms with E-state index in [-0.39, 0.29) is 0 Å². The van der Waals surface area contributed by atoms with Crippen LogP contribution in [0.15, 0.2) is 24.3 Å². The summed E-state index contributed by atoms with van der Waals surface area (Å²) in [7, 11) is 1.73. The second kappa shape index (κ2) is 8.98. The lowest BCUT2D eigenvalue weighted by molar-refractivity contribution is 0.185. The number of benzene rings is 1. The summed E-state index contributed by atoms with van der Waals surface area (Å²) in [5, 5.41) is 3.55. The molecule has 1 aromatic rings. The molecule has 1 rings (SSSR count). The number of hydrogen-bond donors (Lipinski definition) is 1. The van der Waals surface area contributed by atoms with E-state index in [0.29, 0.717) is 6.61 Å². The third kappa shape index (κ3) is 5.54. The van der Waals surface area contributed by atoms with Gasteiger partial charge < -0.3 is 10.1 Å². The fraction of sp³-hybridized carbons (Fsp3) is 0.625. The highest BCUT2D eigenvalue weighted by Crippen LogP contribution is 2.16. The van der Waals surface area contributed by atoms with E-state index in [4.69, 9.17) is 4.74 Å². The van der Waals surface area contributed by atoms with Gasteiger partial charge in [-0.05, 0) is 30.0 Å². The predicted molar refractivity (Wildman–Crippen MR) is 79.0 cm³/mol. The van der Waals surface area contributed by atoms with Crippen molar-refractivity contribution in [2.45, 2.75) is 46.1 Å². The minimum Gasteiger partial charge on any atom is -0.385 e. The Morgan fingerprint density at radius 1 is 1.28 bits per heavy atom. The van der Waals surface area contributed by atoms with Crippen LogP contribution < -0.4 is 5.32 Å². The Morgan fingerprint density at radius 2 is 2.11 bits per heavy atom. The molecule has 0 saturated heterocycles. The Kier molecular flexibility index (Phi) is 7.51. The second-order valence-corrected chi connectivity index (χ2v) is 4.93. The zero-order valence-corrected chi connectivity index (χ0v) is 12.0. The Hall–Kier alpha value is -1.02. The quantitative estimate of drug-likeness (QED) is 0.697. The molecule has 1 N–H and O–H groups in total. The van der Waals surface area contributed by atoms with Crippen molar-refractivity contribution >= 4 is 5.69 Å². The van der Waals surface area contributed by atoms with Gasteiger partial charge in [-0.1, -0.05) is 45.2 Å². The van der Waals surface area contributed by atoms with Crippen molar-refractivity contribution in [3.63, 3.8) is 0 Å². The summed E-state index contributed by atoms with van der Waals surface area (Å²) in [4.78, 5) is 0. The SMILES string of the molecule is CCCCC(CC)CNc1cccc(COC)c1. The third-order valence-electron chi connectivity index (χ3n) is 3.38. The normalized spacial score (nSPS) is 12.4. The zero-order chi connectivity index (χ0) is 13.2. The summed E-state index contributed by atoms with van der Waals surface area (Å²) in [6.45, 7) is 6.30. The van der Waals surface area contributed by atoms with E-state index in [1.807, 2.05) is 0 Å². The molecule has 0 aromatic heterocycles. The Balaban J connectivity index is 2.43. The fourth-order valence-electron chi connectivity index (χ4n) is 2.14. The van der Waals surface area contributed by atoms with E-state index in [9.17, 15) is 0 Å². The molecule has 1 aromatic carbocycles. The van der Waals surface area contributed by atoms with Gasteiger partial charge in [0.1, 0.15) is 0 Å². The molecule has 0 saturated carbocycles. The van der Waals surface area contributed by atoms with Crippen LogP contribution in [0.4, 0.5) is 5.69 Å². The number of methoxy groups -OCH3 is 1. The summed E-state index contributed by atoms with van der Waals surface area (Å²) < 4.78 is 5.15. The molecule has 102 valence electrons. The minimum atomic E-state index is 0.683.